The molecule has 0 atom stereocenters. The second kappa shape index (κ2) is 4.87. The summed E-state index contributed by atoms with van der Waals surface area (Å²) in [6.45, 7) is 6.03. The van der Waals surface area contributed by atoms with Gasteiger partial charge >= 0.3 is 0 Å². The summed E-state index contributed by atoms with van der Waals surface area (Å²) in [5.41, 5.74) is 5.82. The molecular formula is C10H19N3S. The van der Waals surface area contributed by atoms with Crippen molar-refractivity contribution in [2.24, 2.45) is 5.73 Å². The third-order valence-electron chi connectivity index (χ3n) is 1.87. The van der Waals surface area contributed by atoms with E-state index in [9.17, 15) is 0 Å². The minimum Gasteiger partial charge on any atom is -0.324 e. The van der Waals surface area contributed by atoms with Crippen molar-refractivity contribution < 1.29 is 0 Å². The van der Waals surface area contributed by atoms with Gasteiger partial charge in [0, 0.05) is 36.6 Å². The summed E-state index contributed by atoms with van der Waals surface area (Å²) < 4.78 is 0. The van der Waals surface area contributed by atoms with Crippen LogP contribution in [0.25, 0.3) is 0 Å². The van der Waals surface area contributed by atoms with Gasteiger partial charge in [-0.15, -0.1) is 11.3 Å². The number of nitrogens with two attached hydrogens (primary N) is 1. The third kappa shape index (κ3) is 4.69. The molecule has 1 aromatic heterocycles. The molecule has 1 heterocycles. The number of aromatic nitrogens is 1. The summed E-state index contributed by atoms with van der Waals surface area (Å²) >= 11 is 1.71. The van der Waals surface area contributed by atoms with Gasteiger partial charge in [0.1, 0.15) is 0 Å². The number of thiazole rings is 1. The molecule has 0 aromatic carbocycles. The van der Waals surface area contributed by atoms with Gasteiger partial charge in [-0.2, -0.15) is 0 Å². The average molecular weight is 213 g/mol. The summed E-state index contributed by atoms with van der Waals surface area (Å²) in [5, 5.41) is 3.22. The van der Waals surface area contributed by atoms with E-state index in [4.69, 9.17) is 5.73 Å². The van der Waals surface area contributed by atoms with Crippen molar-refractivity contribution in [3.8, 4) is 0 Å². The van der Waals surface area contributed by atoms with Crippen LogP contribution < -0.4 is 5.73 Å². The Morgan fingerprint density at radius 2 is 2.29 bits per heavy atom. The van der Waals surface area contributed by atoms with Gasteiger partial charge in [-0.25, -0.2) is 4.98 Å². The molecule has 0 saturated carbocycles. The lowest BCUT2D eigenvalue weighted by Gasteiger charge is -2.26. The van der Waals surface area contributed by atoms with Crippen LogP contribution >= 0.6 is 11.3 Å². The van der Waals surface area contributed by atoms with Crippen LogP contribution in [0.15, 0.2) is 11.6 Å². The standard InChI is InChI=1S/C10H19N3S/c1-10(2,11)8-13(3)6-4-9-12-5-7-14-9/h5,7H,4,6,8,11H2,1-3H3. The molecule has 0 aliphatic carbocycles. The second-order valence-electron chi connectivity index (χ2n) is 4.40. The van der Waals surface area contributed by atoms with Crippen LogP contribution in [0, 0.1) is 0 Å². The van der Waals surface area contributed by atoms with E-state index < -0.39 is 0 Å². The molecule has 0 unspecified atom stereocenters. The van der Waals surface area contributed by atoms with Crippen LogP contribution in [0.5, 0.6) is 0 Å². The smallest absolute Gasteiger partial charge is 0.0937 e. The van der Waals surface area contributed by atoms with Crippen molar-refractivity contribution >= 4 is 11.3 Å². The van der Waals surface area contributed by atoms with E-state index in [1.807, 2.05) is 25.4 Å². The van der Waals surface area contributed by atoms with Gasteiger partial charge < -0.3 is 10.6 Å². The monoisotopic (exact) mass is 213 g/mol. The molecule has 0 fully saturated rings. The molecule has 0 saturated heterocycles. The minimum absolute atomic E-state index is 0.113. The molecule has 0 bridgehead atoms. The van der Waals surface area contributed by atoms with E-state index in [1.54, 1.807) is 11.3 Å². The zero-order valence-corrected chi connectivity index (χ0v) is 9.97. The number of likely N-dealkylation sites (N-methyl/N-ethyl adjacent to an activating group) is 1. The van der Waals surface area contributed by atoms with E-state index in [1.165, 1.54) is 5.01 Å². The molecule has 0 radical (unpaired) electrons. The molecule has 0 spiro atoms. The van der Waals surface area contributed by atoms with E-state index in [0.29, 0.717) is 0 Å². The first-order valence-corrected chi connectivity index (χ1v) is 5.71. The van der Waals surface area contributed by atoms with Crippen LogP contribution in [0.2, 0.25) is 0 Å². The Morgan fingerprint density at radius 3 is 2.79 bits per heavy atom. The van der Waals surface area contributed by atoms with Crippen LogP contribution in [-0.2, 0) is 6.42 Å². The fourth-order valence-electron chi connectivity index (χ4n) is 1.44. The van der Waals surface area contributed by atoms with Crippen LogP contribution in [0.3, 0.4) is 0 Å². The Labute approximate surface area is 89.9 Å². The molecule has 1 rings (SSSR count). The molecule has 14 heavy (non-hydrogen) atoms. The first-order valence-electron chi connectivity index (χ1n) is 4.83. The SMILES string of the molecule is CN(CCc1nccs1)CC(C)(C)N. The zero-order chi connectivity index (χ0) is 10.6. The topological polar surface area (TPSA) is 42.2 Å². The third-order valence-corrected chi connectivity index (χ3v) is 2.71. The summed E-state index contributed by atoms with van der Waals surface area (Å²) in [6, 6.07) is 0. The van der Waals surface area contributed by atoms with E-state index in [0.717, 1.165) is 19.5 Å². The highest BCUT2D eigenvalue weighted by Gasteiger charge is 2.13. The van der Waals surface area contributed by atoms with Gasteiger partial charge in [0.25, 0.3) is 0 Å². The highest BCUT2D eigenvalue weighted by molar-refractivity contribution is 7.09. The predicted octanol–water partition coefficient (Wildman–Crippen LogP) is 1.35. The van der Waals surface area contributed by atoms with Crippen molar-refractivity contribution in [3.63, 3.8) is 0 Å². The highest BCUT2D eigenvalue weighted by atomic mass is 32.1. The number of rotatable bonds is 5. The summed E-state index contributed by atoms with van der Waals surface area (Å²) in [4.78, 5) is 6.50. The molecule has 4 heteroatoms. The quantitative estimate of drug-likeness (QED) is 0.803. The molecule has 0 amide bonds. The van der Waals surface area contributed by atoms with Crippen molar-refractivity contribution in [2.45, 2.75) is 25.8 Å². The van der Waals surface area contributed by atoms with Crippen LogP contribution in [0.4, 0.5) is 0 Å². The second-order valence-corrected chi connectivity index (χ2v) is 5.38. The van der Waals surface area contributed by atoms with E-state index >= 15 is 0 Å². The fourth-order valence-corrected chi connectivity index (χ4v) is 2.05. The van der Waals surface area contributed by atoms with Gasteiger partial charge in [0.2, 0.25) is 0 Å². The zero-order valence-electron chi connectivity index (χ0n) is 9.16. The predicted molar refractivity (Wildman–Crippen MR) is 61.6 cm³/mol. The summed E-state index contributed by atoms with van der Waals surface area (Å²) in [7, 11) is 2.10. The minimum atomic E-state index is -0.113. The van der Waals surface area contributed by atoms with Gasteiger partial charge in [0.15, 0.2) is 0 Å². The van der Waals surface area contributed by atoms with E-state index in [-0.39, 0.29) is 5.54 Å². The molecule has 0 aliphatic rings. The maximum absolute atomic E-state index is 5.93. The van der Waals surface area contributed by atoms with Crippen molar-refractivity contribution in [1.29, 1.82) is 0 Å². The first-order chi connectivity index (χ1) is 6.47. The van der Waals surface area contributed by atoms with Gasteiger partial charge in [-0.05, 0) is 20.9 Å². The molecule has 0 aliphatic heterocycles. The lowest BCUT2D eigenvalue weighted by Crippen LogP contribution is -2.44. The number of hydrogen-bond acceptors (Lipinski definition) is 4. The van der Waals surface area contributed by atoms with Gasteiger partial charge in [-0.3, -0.25) is 0 Å². The molecule has 1 aromatic rings. The summed E-state index contributed by atoms with van der Waals surface area (Å²) in [5.74, 6) is 0. The molecule has 80 valence electrons. The highest BCUT2D eigenvalue weighted by Crippen LogP contribution is 2.06. The largest absolute Gasteiger partial charge is 0.324 e. The van der Waals surface area contributed by atoms with Crippen LogP contribution in [-0.4, -0.2) is 35.6 Å². The van der Waals surface area contributed by atoms with Gasteiger partial charge in [0.05, 0.1) is 5.01 Å². The summed E-state index contributed by atoms with van der Waals surface area (Å²) in [6.07, 6.45) is 2.87. The maximum Gasteiger partial charge on any atom is 0.0937 e. The maximum atomic E-state index is 5.93. The molecule has 2 N–H and O–H groups in total. The Kier molecular flexibility index (Phi) is 4.04. The Morgan fingerprint density at radius 1 is 1.57 bits per heavy atom. The fraction of sp³-hybridized carbons (Fsp3) is 0.700. The van der Waals surface area contributed by atoms with Crippen molar-refractivity contribution in [3.05, 3.63) is 16.6 Å². The molecular weight excluding hydrogens is 194 g/mol. The number of hydrogen-bond donors (Lipinski definition) is 1. The van der Waals surface area contributed by atoms with Gasteiger partial charge in [-0.1, -0.05) is 0 Å². The van der Waals surface area contributed by atoms with E-state index in [2.05, 4.69) is 16.9 Å². The first kappa shape index (κ1) is 11.6. The number of nitrogens with zero attached hydrogens (tertiary/aromatic N) is 2. The average Bonchev–Trinajstić information content (AvgIpc) is 2.49. The Bertz CT molecular complexity index is 251. The lowest BCUT2D eigenvalue weighted by molar-refractivity contribution is 0.273. The van der Waals surface area contributed by atoms with Crippen LogP contribution in [0.1, 0.15) is 18.9 Å². The Hall–Kier alpha value is -0.450. The lowest BCUT2D eigenvalue weighted by atomic mass is 10.1. The van der Waals surface area contributed by atoms with Crippen molar-refractivity contribution in [1.82, 2.24) is 9.88 Å². The Balaban J connectivity index is 2.25. The normalized spacial score (nSPS) is 12.4. The molecule has 3 nitrogen and oxygen atoms in total. The van der Waals surface area contributed by atoms with Crippen molar-refractivity contribution in [2.75, 3.05) is 20.1 Å².